The molecule has 4 fully saturated rings. The molecule has 0 amide bonds. The zero-order chi connectivity index (χ0) is 45.0. The first-order valence-electron chi connectivity index (χ1n) is 27.6. The maximum absolute atomic E-state index is 6.53. The van der Waals surface area contributed by atoms with Gasteiger partial charge in [0.1, 0.15) is 0 Å². The highest BCUT2D eigenvalue weighted by molar-refractivity contribution is 5.25. The van der Waals surface area contributed by atoms with E-state index in [1.165, 1.54) is 135 Å². The number of rotatable bonds is 32. The lowest BCUT2D eigenvalue weighted by Crippen LogP contribution is -2.51. The van der Waals surface area contributed by atoms with Crippen LogP contribution in [0.15, 0.2) is 36.0 Å². The van der Waals surface area contributed by atoms with Crippen LogP contribution >= 0.6 is 0 Å². The molecule has 1 unspecified atom stereocenters. The number of unbranched alkanes of at least 4 members (excludes halogenated alkanes) is 9. The zero-order valence-corrected chi connectivity index (χ0v) is 42.9. The van der Waals surface area contributed by atoms with Crippen molar-refractivity contribution in [1.82, 2.24) is 4.90 Å². The van der Waals surface area contributed by atoms with Crippen LogP contribution in [0.5, 0.6) is 0 Å². The standard InChI is InChI=1S/C58H103NO4/c1-9-10-11-12-13-14-15-16-17-18-19-20-21-22-23-24-38-61-45-51(44-59-37-36-56(5,6)46-59)63-42-40-60-39-41-62-50-32-34-57(7)49(43-50)28-29-52-54-31-30-53(48(4)27-25-26-47(2)3)58(54,8)35-33-55(52)57/h13-14,16-17,28,47-48,50-55H,9-12,15,18-27,29-46H2,1-8H3/t48-,50+,51?,52+,53-,54+,55+,57+,58-/m1/s1. The Bertz CT molecular complexity index is 1340. The number of hydrogen-bond acceptors (Lipinski definition) is 5. The summed E-state index contributed by atoms with van der Waals surface area (Å²) in [6.45, 7) is 27.1. The molecule has 1 heterocycles. The molecule has 0 aromatic heterocycles. The van der Waals surface area contributed by atoms with Gasteiger partial charge in [-0.3, -0.25) is 0 Å². The van der Waals surface area contributed by atoms with Gasteiger partial charge in [0.25, 0.3) is 0 Å². The first kappa shape index (κ1) is 53.0. The summed E-state index contributed by atoms with van der Waals surface area (Å²) in [5.74, 6) is 5.36. The molecule has 1 aliphatic heterocycles. The fourth-order valence-corrected chi connectivity index (χ4v) is 13.7. The molecule has 5 rings (SSSR count). The highest BCUT2D eigenvalue weighted by Crippen LogP contribution is 2.67. The number of fused-ring (bicyclic) bond motifs is 5. The minimum absolute atomic E-state index is 0.0967. The maximum Gasteiger partial charge on any atom is 0.0936 e. The fourth-order valence-electron chi connectivity index (χ4n) is 13.7. The molecule has 364 valence electrons. The first-order chi connectivity index (χ1) is 30.4. The van der Waals surface area contributed by atoms with Crippen LogP contribution in [-0.2, 0) is 18.9 Å². The monoisotopic (exact) mass is 878 g/mol. The van der Waals surface area contributed by atoms with Crippen molar-refractivity contribution in [3.8, 4) is 0 Å². The average molecular weight is 878 g/mol. The van der Waals surface area contributed by atoms with E-state index in [1.54, 1.807) is 5.57 Å². The molecule has 0 bridgehead atoms. The van der Waals surface area contributed by atoms with Crippen LogP contribution in [-0.4, -0.2) is 76.4 Å². The Morgan fingerprint density at radius 2 is 1.46 bits per heavy atom. The van der Waals surface area contributed by atoms with E-state index in [-0.39, 0.29) is 6.10 Å². The normalized spacial score (nSPS) is 30.6. The Hall–Kier alpha value is -0.980. The Kier molecular flexibility index (Phi) is 23.3. The van der Waals surface area contributed by atoms with Gasteiger partial charge in [-0.05, 0) is 155 Å². The molecule has 63 heavy (non-hydrogen) atoms. The van der Waals surface area contributed by atoms with E-state index in [2.05, 4.69) is 90.7 Å². The second-order valence-electron chi connectivity index (χ2n) is 23.4. The molecular weight excluding hydrogens is 775 g/mol. The molecule has 0 spiro atoms. The summed E-state index contributed by atoms with van der Waals surface area (Å²) in [6, 6.07) is 0. The molecule has 0 aromatic carbocycles. The summed E-state index contributed by atoms with van der Waals surface area (Å²) >= 11 is 0. The smallest absolute Gasteiger partial charge is 0.0936 e. The van der Waals surface area contributed by atoms with Crippen molar-refractivity contribution in [3.05, 3.63) is 36.0 Å². The van der Waals surface area contributed by atoms with Crippen molar-refractivity contribution in [1.29, 1.82) is 0 Å². The van der Waals surface area contributed by atoms with E-state index >= 15 is 0 Å². The quantitative estimate of drug-likeness (QED) is 0.0497. The lowest BCUT2D eigenvalue weighted by atomic mass is 9.47. The molecule has 0 radical (unpaired) electrons. The molecule has 1 saturated heterocycles. The highest BCUT2D eigenvalue weighted by atomic mass is 16.6. The van der Waals surface area contributed by atoms with Gasteiger partial charge in [0.2, 0.25) is 0 Å². The molecule has 9 atom stereocenters. The predicted octanol–water partition coefficient (Wildman–Crippen LogP) is 15.4. The predicted molar refractivity (Wildman–Crippen MR) is 268 cm³/mol. The largest absolute Gasteiger partial charge is 0.379 e. The third kappa shape index (κ3) is 16.9. The van der Waals surface area contributed by atoms with Crippen molar-refractivity contribution in [2.75, 3.05) is 59.3 Å². The van der Waals surface area contributed by atoms with Crippen LogP contribution in [0.4, 0.5) is 0 Å². The number of likely N-dealkylation sites (tertiary alicyclic amines) is 1. The maximum atomic E-state index is 6.53. The van der Waals surface area contributed by atoms with Crippen LogP contribution in [0, 0.1) is 51.8 Å². The second kappa shape index (κ2) is 27.7. The van der Waals surface area contributed by atoms with Gasteiger partial charge in [-0.2, -0.15) is 0 Å². The molecule has 3 saturated carbocycles. The summed E-state index contributed by atoms with van der Waals surface area (Å²) in [5.41, 5.74) is 3.07. The molecule has 4 aliphatic carbocycles. The summed E-state index contributed by atoms with van der Waals surface area (Å²) in [6.07, 6.45) is 44.1. The van der Waals surface area contributed by atoms with Gasteiger partial charge in [0.15, 0.2) is 0 Å². The summed E-state index contributed by atoms with van der Waals surface area (Å²) in [7, 11) is 0. The van der Waals surface area contributed by atoms with Crippen LogP contribution in [0.25, 0.3) is 0 Å². The van der Waals surface area contributed by atoms with Gasteiger partial charge in [0, 0.05) is 19.7 Å². The Morgan fingerprint density at radius 3 is 2.21 bits per heavy atom. The zero-order valence-electron chi connectivity index (χ0n) is 42.9. The molecule has 0 N–H and O–H groups in total. The van der Waals surface area contributed by atoms with E-state index in [0.717, 1.165) is 81.0 Å². The van der Waals surface area contributed by atoms with E-state index < -0.39 is 0 Å². The van der Waals surface area contributed by atoms with E-state index in [0.29, 0.717) is 55.4 Å². The topological polar surface area (TPSA) is 40.2 Å². The van der Waals surface area contributed by atoms with Crippen molar-refractivity contribution >= 4 is 0 Å². The van der Waals surface area contributed by atoms with Gasteiger partial charge in [-0.15, -0.1) is 0 Å². The van der Waals surface area contributed by atoms with Gasteiger partial charge < -0.3 is 23.8 Å². The minimum atomic E-state index is 0.0967. The van der Waals surface area contributed by atoms with Gasteiger partial charge in [-0.1, -0.05) is 149 Å². The van der Waals surface area contributed by atoms with Crippen LogP contribution in [0.3, 0.4) is 0 Å². The van der Waals surface area contributed by atoms with Crippen LogP contribution in [0.1, 0.15) is 209 Å². The van der Waals surface area contributed by atoms with E-state index in [4.69, 9.17) is 18.9 Å². The molecular formula is C58H103NO4. The van der Waals surface area contributed by atoms with Crippen molar-refractivity contribution < 1.29 is 18.9 Å². The molecule has 0 aromatic rings. The van der Waals surface area contributed by atoms with E-state index in [9.17, 15) is 0 Å². The van der Waals surface area contributed by atoms with Crippen LogP contribution in [0.2, 0.25) is 0 Å². The second-order valence-corrected chi connectivity index (χ2v) is 23.4. The third-order valence-electron chi connectivity index (χ3n) is 17.4. The molecule has 5 nitrogen and oxygen atoms in total. The number of hydrogen-bond donors (Lipinski definition) is 0. The fraction of sp³-hybridized carbons (Fsp3) is 0.897. The average Bonchev–Trinajstić information content (AvgIpc) is 3.79. The summed E-state index contributed by atoms with van der Waals surface area (Å²) in [4.78, 5) is 2.58. The summed E-state index contributed by atoms with van der Waals surface area (Å²) in [5, 5.41) is 0. The lowest BCUT2D eigenvalue weighted by Gasteiger charge is -2.58. The van der Waals surface area contributed by atoms with Crippen molar-refractivity contribution in [3.63, 3.8) is 0 Å². The lowest BCUT2D eigenvalue weighted by molar-refractivity contribution is -0.0732. The SMILES string of the molecule is CCCCCC=CCC=CCCCCCCCCOCC(CN1CCC(C)(C)C1)OCCOCCO[C@H]1CC[C@@]2(C)C(=CC[C@H]3[C@@H]4CC[C@H]([C@H](C)CCCC(C)C)[C@@]4(C)CC[C@@H]32)C1. The molecule has 5 heteroatoms. The molecule has 5 aliphatic rings. The van der Waals surface area contributed by atoms with Crippen molar-refractivity contribution in [2.24, 2.45) is 51.8 Å². The summed E-state index contributed by atoms with van der Waals surface area (Å²) < 4.78 is 25.3. The van der Waals surface area contributed by atoms with E-state index in [1.807, 2.05) is 0 Å². The number of allylic oxidation sites excluding steroid dienone is 5. The van der Waals surface area contributed by atoms with Crippen LogP contribution < -0.4 is 0 Å². The first-order valence-corrected chi connectivity index (χ1v) is 27.6. The number of nitrogens with zero attached hydrogens (tertiary/aromatic N) is 1. The Balaban J connectivity index is 0.923. The van der Waals surface area contributed by atoms with Gasteiger partial charge in [0.05, 0.1) is 45.2 Å². The Labute approximate surface area is 391 Å². The Morgan fingerprint density at radius 1 is 0.714 bits per heavy atom. The van der Waals surface area contributed by atoms with Gasteiger partial charge >= 0.3 is 0 Å². The third-order valence-corrected chi connectivity index (χ3v) is 17.4. The highest BCUT2D eigenvalue weighted by Gasteiger charge is 2.59. The van der Waals surface area contributed by atoms with Gasteiger partial charge in [-0.25, -0.2) is 0 Å². The van der Waals surface area contributed by atoms with Crippen molar-refractivity contribution in [2.45, 2.75) is 222 Å². The number of ether oxygens (including phenoxy) is 4. The minimum Gasteiger partial charge on any atom is -0.379 e.